The van der Waals surface area contributed by atoms with Crippen LogP contribution in [-0.4, -0.2) is 29.9 Å². The molecule has 1 amide bonds. The van der Waals surface area contributed by atoms with Crippen molar-refractivity contribution in [3.05, 3.63) is 32.9 Å². The van der Waals surface area contributed by atoms with Crippen LogP contribution >= 0.6 is 22.6 Å². The van der Waals surface area contributed by atoms with Crippen LogP contribution in [0.3, 0.4) is 0 Å². The number of carbonyl (C=O) groups excluding carboxylic acids is 1. The van der Waals surface area contributed by atoms with Crippen molar-refractivity contribution in [3.8, 4) is 0 Å². The average molecular weight is 330 g/mol. The summed E-state index contributed by atoms with van der Waals surface area (Å²) >= 11 is 2.23. The van der Waals surface area contributed by atoms with Gasteiger partial charge in [-0.25, -0.2) is 0 Å². The first kappa shape index (κ1) is 11.9. The Morgan fingerprint density at radius 3 is 2.94 bits per heavy atom. The molecule has 0 saturated carbocycles. The minimum Gasteiger partial charge on any atom is -0.337 e. The summed E-state index contributed by atoms with van der Waals surface area (Å²) in [6, 6.07) is 5.99. The highest BCUT2D eigenvalue weighted by molar-refractivity contribution is 14.1. The van der Waals surface area contributed by atoms with Crippen molar-refractivity contribution in [1.82, 2.24) is 4.90 Å². The number of benzene rings is 1. The van der Waals surface area contributed by atoms with Crippen molar-refractivity contribution in [1.29, 1.82) is 0 Å². The molecular formula is C12H15IN2O. The number of rotatable bonds is 1. The third kappa shape index (κ3) is 2.22. The molecule has 0 bridgehead atoms. The Labute approximate surface area is 109 Å². The van der Waals surface area contributed by atoms with E-state index >= 15 is 0 Å². The van der Waals surface area contributed by atoms with Gasteiger partial charge in [0.1, 0.15) is 0 Å². The molecule has 3 nitrogen and oxygen atoms in total. The normalized spacial score (nSPS) is 20.2. The van der Waals surface area contributed by atoms with Gasteiger partial charge in [-0.1, -0.05) is 12.1 Å². The van der Waals surface area contributed by atoms with Crippen LogP contribution in [0.1, 0.15) is 22.3 Å². The molecule has 2 rings (SSSR count). The summed E-state index contributed by atoms with van der Waals surface area (Å²) in [5.41, 5.74) is 7.76. The second kappa shape index (κ2) is 4.71. The van der Waals surface area contributed by atoms with Crippen LogP contribution in [0, 0.1) is 10.5 Å². The number of halogens is 1. The molecule has 2 N–H and O–H groups in total. The lowest BCUT2D eigenvalue weighted by Gasteiger charge is -2.17. The maximum absolute atomic E-state index is 12.2. The Bertz CT molecular complexity index is 419. The van der Waals surface area contributed by atoms with Gasteiger partial charge in [0, 0.05) is 22.7 Å². The number of amides is 1. The fourth-order valence-electron chi connectivity index (χ4n) is 1.95. The van der Waals surface area contributed by atoms with E-state index in [1.54, 1.807) is 0 Å². The lowest BCUT2D eigenvalue weighted by Crippen LogP contribution is -2.32. The highest BCUT2D eigenvalue weighted by Gasteiger charge is 2.25. The molecule has 1 atom stereocenters. The molecule has 1 fully saturated rings. The molecule has 16 heavy (non-hydrogen) atoms. The lowest BCUT2D eigenvalue weighted by atomic mass is 10.1. The monoisotopic (exact) mass is 330 g/mol. The fraction of sp³-hybridized carbons (Fsp3) is 0.417. The van der Waals surface area contributed by atoms with E-state index in [0.29, 0.717) is 6.54 Å². The molecular weight excluding hydrogens is 315 g/mol. The Hall–Kier alpha value is -0.620. The number of carbonyl (C=O) groups is 1. The minimum atomic E-state index is 0.112. The van der Waals surface area contributed by atoms with Gasteiger partial charge < -0.3 is 10.6 Å². The first-order valence-electron chi connectivity index (χ1n) is 5.39. The van der Waals surface area contributed by atoms with Crippen LogP contribution in [-0.2, 0) is 0 Å². The molecule has 0 aromatic heterocycles. The predicted octanol–water partition coefficient (Wildman–Crippen LogP) is 1.77. The lowest BCUT2D eigenvalue weighted by molar-refractivity contribution is 0.0789. The highest BCUT2D eigenvalue weighted by Crippen LogP contribution is 2.20. The van der Waals surface area contributed by atoms with Crippen molar-refractivity contribution in [3.63, 3.8) is 0 Å². The third-order valence-electron chi connectivity index (χ3n) is 2.93. The zero-order valence-electron chi connectivity index (χ0n) is 9.24. The van der Waals surface area contributed by atoms with E-state index in [0.717, 1.165) is 27.7 Å². The second-order valence-corrected chi connectivity index (χ2v) is 5.32. The summed E-state index contributed by atoms with van der Waals surface area (Å²) in [6.07, 6.45) is 0.911. The highest BCUT2D eigenvalue weighted by atomic mass is 127. The van der Waals surface area contributed by atoms with E-state index in [-0.39, 0.29) is 11.9 Å². The van der Waals surface area contributed by atoms with Crippen LogP contribution in [0.25, 0.3) is 0 Å². The summed E-state index contributed by atoms with van der Waals surface area (Å²) < 4.78 is 1.05. The van der Waals surface area contributed by atoms with Crippen LogP contribution in [0.5, 0.6) is 0 Å². The van der Waals surface area contributed by atoms with Crippen molar-refractivity contribution in [2.75, 3.05) is 13.1 Å². The Morgan fingerprint density at radius 2 is 2.31 bits per heavy atom. The van der Waals surface area contributed by atoms with Gasteiger partial charge >= 0.3 is 0 Å². The van der Waals surface area contributed by atoms with Gasteiger partial charge in [-0.2, -0.15) is 0 Å². The van der Waals surface area contributed by atoms with Crippen LogP contribution in [0.15, 0.2) is 18.2 Å². The first-order valence-corrected chi connectivity index (χ1v) is 6.47. The molecule has 1 aromatic carbocycles. The fourth-order valence-corrected chi connectivity index (χ4v) is 2.54. The van der Waals surface area contributed by atoms with Gasteiger partial charge in [0.25, 0.3) is 5.91 Å². The zero-order chi connectivity index (χ0) is 11.7. The number of hydrogen-bond donors (Lipinski definition) is 1. The van der Waals surface area contributed by atoms with E-state index in [9.17, 15) is 4.79 Å². The molecule has 1 aliphatic rings. The second-order valence-electron chi connectivity index (χ2n) is 4.24. The van der Waals surface area contributed by atoms with Crippen LogP contribution in [0.4, 0.5) is 0 Å². The average Bonchev–Trinajstić information content (AvgIpc) is 2.68. The van der Waals surface area contributed by atoms with Gasteiger partial charge in [0.2, 0.25) is 0 Å². The van der Waals surface area contributed by atoms with Gasteiger partial charge in [0.15, 0.2) is 0 Å². The van der Waals surface area contributed by atoms with E-state index < -0.39 is 0 Å². The van der Waals surface area contributed by atoms with E-state index in [1.165, 1.54) is 0 Å². The molecule has 86 valence electrons. The maximum atomic E-state index is 12.2. The van der Waals surface area contributed by atoms with Gasteiger partial charge in [-0.15, -0.1) is 0 Å². The van der Waals surface area contributed by atoms with E-state index in [2.05, 4.69) is 22.6 Å². The smallest absolute Gasteiger partial charge is 0.254 e. The maximum Gasteiger partial charge on any atom is 0.254 e. The quantitative estimate of drug-likeness (QED) is 0.798. The largest absolute Gasteiger partial charge is 0.337 e. The Balaban J connectivity index is 2.24. The standard InChI is InChI=1S/C12H15IN2O/c1-8-3-2-4-10(11(8)13)12(16)15-6-5-9(14)7-15/h2-4,9H,5-7,14H2,1H3/t9-/m0/s1. The van der Waals surface area contributed by atoms with Crippen molar-refractivity contribution < 1.29 is 4.79 Å². The summed E-state index contributed by atoms with van der Waals surface area (Å²) in [4.78, 5) is 14.1. The molecule has 0 spiro atoms. The topological polar surface area (TPSA) is 46.3 Å². The molecule has 1 heterocycles. The van der Waals surface area contributed by atoms with Crippen molar-refractivity contribution in [2.45, 2.75) is 19.4 Å². The molecule has 1 saturated heterocycles. The number of likely N-dealkylation sites (tertiary alicyclic amines) is 1. The predicted molar refractivity (Wildman–Crippen MR) is 72.4 cm³/mol. The molecule has 0 radical (unpaired) electrons. The summed E-state index contributed by atoms with van der Waals surface area (Å²) in [5.74, 6) is 0.112. The minimum absolute atomic E-state index is 0.112. The van der Waals surface area contributed by atoms with Crippen LogP contribution < -0.4 is 5.73 Å². The summed E-state index contributed by atoms with van der Waals surface area (Å²) in [5, 5.41) is 0. The molecule has 4 heteroatoms. The van der Waals surface area contributed by atoms with Gasteiger partial charge in [-0.05, 0) is 47.6 Å². The zero-order valence-corrected chi connectivity index (χ0v) is 11.4. The molecule has 1 aromatic rings. The van der Waals surface area contributed by atoms with Gasteiger partial charge in [-0.3, -0.25) is 4.79 Å². The summed E-state index contributed by atoms with van der Waals surface area (Å²) in [6.45, 7) is 3.49. The van der Waals surface area contributed by atoms with Crippen LogP contribution in [0.2, 0.25) is 0 Å². The van der Waals surface area contributed by atoms with E-state index in [1.807, 2.05) is 30.0 Å². The molecule has 1 aliphatic heterocycles. The SMILES string of the molecule is Cc1cccc(C(=O)N2CC[C@H](N)C2)c1I. The number of hydrogen-bond acceptors (Lipinski definition) is 2. The third-order valence-corrected chi connectivity index (χ3v) is 4.37. The summed E-state index contributed by atoms with van der Waals surface area (Å²) in [7, 11) is 0. The number of nitrogens with two attached hydrogens (primary N) is 1. The molecule has 0 unspecified atom stereocenters. The Morgan fingerprint density at radius 1 is 1.56 bits per heavy atom. The van der Waals surface area contributed by atoms with Gasteiger partial charge in [0.05, 0.1) is 5.56 Å². The van der Waals surface area contributed by atoms with Crippen molar-refractivity contribution >= 4 is 28.5 Å². The Kier molecular flexibility index (Phi) is 3.49. The molecule has 0 aliphatic carbocycles. The first-order chi connectivity index (χ1) is 7.59. The number of nitrogens with zero attached hydrogens (tertiary/aromatic N) is 1. The van der Waals surface area contributed by atoms with E-state index in [4.69, 9.17) is 5.73 Å². The van der Waals surface area contributed by atoms with Crippen molar-refractivity contribution in [2.24, 2.45) is 5.73 Å². The number of aryl methyl sites for hydroxylation is 1.